The predicted molar refractivity (Wildman–Crippen MR) is 137 cm³/mol. The summed E-state index contributed by atoms with van der Waals surface area (Å²) in [6.45, 7) is 9.08. The van der Waals surface area contributed by atoms with Crippen LogP contribution < -0.4 is 14.8 Å². The number of hydrogen-bond donors (Lipinski definition) is 0. The van der Waals surface area contributed by atoms with Crippen molar-refractivity contribution in [2.45, 2.75) is 0 Å². The van der Waals surface area contributed by atoms with Crippen molar-refractivity contribution >= 4 is 38.9 Å². The van der Waals surface area contributed by atoms with E-state index in [0.29, 0.717) is 11.3 Å². The number of aromatic nitrogens is 1. The van der Waals surface area contributed by atoms with Crippen molar-refractivity contribution in [3.8, 4) is 6.07 Å². The second-order valence-corrected chi connectivity index (χ2v) is 7.67. The fourth-order valence-electron chi connectivity index (χ4n) is 3.82. The number of benzene rings is 4. The molecule has 4 aromatic carbocycles. The van der Waals surface area contributed by atoms with E-state index in [0.717, 1.165) is 21.8 Å². The van der Waals surface area contributed by atoms with Crippen molar-refractivity contribution in [3.05, 3.63) is 133 Å². The number of fused-ring (bicyclic) bond motifs is 3. The van der Waals surface area contributed by atoms with Crippen molar-refractivity contribution in [2.24, 2.45) is 0 Å². The fourth-order valence-corrected chi connectivity index (χ4v) is 3.82. The summed E-state index contributed by atoms with van der Waals surface area (Å²) in [5.41, 5.74) is 5.27. The maximum absolute atomic E-state index is 8.89. The molecule has 1 aliphatic rings. The number of hydrogen-bond acceptors (Lipinski definition) is 3. The van der Waals surface area contributed by atoms with E-state index < -0.39 is 0 Å². The summed E-state index contributed by atoms with van der Waals surface area (Å²) < 4.78 is 0. The Kier molecular flexibility index (Phi) is 7.36. The van der Waals surface area contributed by atoms with Crippen LogP contribution in [-0.2, 0) is 22.4 Å². The molecule has 1 radical (unpaired) electrons. The van der Waals surface area contributed by atoms with E-state index in [1.807, 2.05) is 60.7 Å². The molecule has 0 fully saturated rings. The zero-order valence-electron chi connectivity index (χ0n) is 18.5. The van der Waals surface area contributed by atoms with Crippen molar-refractivity contribution in [3.63, 3.8) is 0 Å². The van der Waals surface area contributed by atoms with Crippen molar-refractivity contribution in [1.29, 1.82) is 5.26 Å². The van der Waals surface area contributed by atoms with Crippen LogP contribution in [0.2, 0.25) is 0 Å². The maximum atomic E-state index is 8.89. The Labute approximate surface area is 219 Å². The Morgan fingerprint density at radius 3 is 1.83 bits per heavy atom. The van der Waals surface area contributed by atoms with Crippen LogP contribution in [0.15, 0.2) is 109 Å². The molecule has 6 heteroatoms. The average Bonchev–Trinajstić information content (AvgIpc) is 3.55. The normalized spacial score (nSPS) is 11.9. The first-order valence-corrected chi connectivity index (χ1v) is 10.7. The van der Waals surface area contributed by atoms with Gasteiger partial charge in [0.05, 0.1) is 18.2 Å². The van der Waals surface area contributed by atoms with Crippen LogP contribution in [0.3, 0.4) is 0 Å². The zero-order chi connectivity index (χ0) is 23.3. The van der Waals surface area contributed by atoms with E-state index in [-0.39, 0.29) is 22.4 Å². The summed E-state index contributed by atoms with van der Waals surface area (Å²) in [7, 11) is 0. The number of rotatable bonds is 2. The molecule has 0 N–H and O–H groups in total. The molecule has 6 rings (SSSR count). The molecular weight excluding hydrogens is 615 g/mol. The van der Waals surface area contributed by atoms with Crippen LogP contribution in [0.25, 0.3) is 26.7 Å². The van der Waals surface area contributed by atoms with Crippen LogP contribution in [0.5, 0.6) is 0 Å². The van der Waals surface area contributed by atoms with E-state index in [9.17, 15) is 0 Å². The third kappa shape index (κ3) is 5.14. The molecule has 0 atom stereocenters. The zero-order valence-corrected chi connectivity index (χ0v) is 20.7. The minimum atomic E-state index is 0. The van der Waals surface area contributed by atoms with Crippen molar-refractivity contribution < 1.29 is 22.4 Å². The van der Waals surface area contributed by atoms with Gasteiger partial charge in [-0.05, 0) is 65.6 Å². The first-order valence-electron chi connectivity index (χ1n) is 10.7. The van der Waals surface area contributed by atoms with Crippen molar-refractivity contribution in [2.75, 3.05) is 9.80 Å². The minimum Gasteiger partial charge on any atom is -0.657 e. The molecule has 35 heavy (non-hydrogen) atoms. The fraction of sp³-hybridized carbons (Fsp3) is 0. The smallest absolute Gasteiger partial charge is 0.187 e. The van der Waals surface area contributed by atoms with Gasteiger partial charge in [-0.3, -0.25) is 0 Å². The molecule has 0 bridgehead atoms. The average molecular weight is 634 g/mol. The molecule has 0 saturated heterocycles. The van der Waals surface area contributed by atoms with Crippen LogP contribution in [-0.4, -0.2) is 0 Å². The molecule has 0 amide bonds. The van der Waals surface area contributed by atoms with Gasteiger partial charge in [-0.2, -0.15) is 5.26 Å². The van der Waals surface area contributed by atoms with E-state index in [1.54, 1.807) is 12.1 Å². The van der Waals surface area contributed by atoms with Crippen molar-refractivity contribution in [1.82, 2.24) is 4.98 Å². The Bertz CT molecular complexity index is 1440. The molecule has 0 aliphatic carbocycles. The third-order valence-electron chi connectivity index (χ3n) is 5.51. The van der Waals surface area contributed by atoms with Gasteiger partial charge in [0.1, 0.15) is 0 Å². The van der Waals surface area contributed by atoms with Gasteiger partial charge in [-0.1, -0.05) is 54.6 Å². The molecule has 0 unspecified atom stereocenters. The van der Waals surface area contributed by atoms with E-state index in [1.165, 1.54) is 11.4 Å². The van der Waals surface area contributed by atoms with Gasteiger partial charge >= 0.3 is 0 Å². The van der Waals surface area contributed by atoms with Gasteiger partial charge < -0.3 is 14.8 Å². The van der Waals surface area contributed by atoms with Gasteiger partial charge in [-0.15, -0.1) is 17.7 Å². The molecule has 2 heterocycles. The summed E-state index contributed by atoms with van der Waals surface area (Å²) in [6.07, 6.45) is 4.12. The number of nitrogens with zero attached hydrogens (tertiary/aromatic N) is 5. The Hall–Kier alpha value is -4.26. The molecule has 173 valence electrons. The van der Waals surface area contributed by atoms with Crippen LogP contribution in [0.1, 0.15) is 5.56 Å². The first-order chi connectivity index (χ1) is 16.7. The molecule has 1 aliphatic heterocycles. The SMILES string of the molecule is C1=CN(c2ccccc2)[CH-]N1c1ccccc1.[Au].[C-]#[N+]c1ccc2[n-]c3ccc(C#N)cc3c2c1. The molecule has 0 saturated carbocycles. The molecular formula is C29H19AuN5-2. The Morgan fingerprint density at radius 1 is 0.743 bits per heavy atom. The maximum Gasteiger partial charge on any atom is 0.187 e. The first kappa shape index (κ1) is 23.9. The van der Waals surface area contributed by atoms with Gasteiger partial charge in [0.15, 0.2) is 5.69 Å². The molecule has 5 nitrogen and oxygen atoms in total. The minimum absolute atomic E-state index is 0. The number of nitriles is 1. The van der Waals surface area contributed by atoms with E-state index in [4.69, 9.17) is 11.8 Å². The quantitative estimate of drug-likeness (QED) is 0.156. The summed E-state index contributed by atoms with van der Waals surface area (Å²) in [4.78, 5) is 12.1. The van der Waals surface area contributed by atoms with Crippen LogP contribution >= 0.6 is 0 Å². The van der Waals surface area contributed by atoms with E-state index >= 15 is 0 Å². The van der Waals surface area contributed by atoms with Crippen LogP contribution in [0, 0.1) is 24.6 Å². The molecule has 5 aromatic rings. The summed E-state index contributed by atoms with van der Waals surface area (Å²) in [5, 5.41) is 10.8. The molecule has 1 aromatic heterocycles. The van der Waals surface area contributed by atoms with Gasteiger partial charge in [-0.25, -0.2) is 4.85 Å². The largest absolute Gasteiger partial charge is 0.657 e. The standard InChI is InChI=1S/C15H13N2.C14H6N3.Au/c1-3-7-14(8-4-1)16-11-12-17(13-16)15-9-5-2-6-10-15;1-16-10-3-5-14-12(7-10)11-6-9(8-15)2-4-13(11)17-14;/h1-13H;2-7H;/q2*-1;. The van der Waals surface area contributed by atoms with Crippen LogP contribution in [0.4, 0.5) is 17.1 Å². The Morgan fingerprint density at radius 2 is 1.29 bits per heavy atom. The summed E-state index contributed by atoms with van der Waals surface area (Å²) >= 11 is 0. The topological polar surface area (TPSA) is 48.7 Å². The molecule has 0 spiro atoms. The number of anilines is 2. The second-order valence-electron chi connectivity index (χ2n) is 7.67. The van der Waals surface area contributed by atoms with Gasteiger partial charge in [0.25, 0.3) is 0 Å². The van der Waals surface area contributed by atoms with Gasteiger partial charge in [0.2, 0.25) is 0 Å². The number of para-hydroxylation sites is 2. The second kappa shape index (κ2) is 10.8. The van der Waals surface area contributed by atoms with E-state index in [2.05, 4.69) is 69.0 Å². The predicted octanol–water partition coefficient (Wildman–Crippen LogP) is 6.97. The monoisotopic (exact) mass is 634 g/mol. The van der Waals surface area contributed by atoms with Gasteiger partial charge in [0, 0.05) is 33.8 Å². The Balaban J connectivity index is 0.000000160. The third-order valence-corrected chi connectivity index (χ3v) is 5.51. The summed E-state index contributed by atoms with van der Waals surface area (Å²) in [6, 6.07) is 33.5. The summed E-state index contributed by atoms with van der Waals surface area (Å²) in [5.74, 6) is 0.